The fourth-order valence-electron chi connectivity index (χ4n) is 1.31. The number of hydrogen-bond acceptors (Lipinski definition) is 3. The lowest BCUT2D eigenvalue weighted by Crippen LogP contribution is -2.25. The number of carbonyl (C=O) groups excluding carboxylic acids is 1. The van der Waals surface area contributed by atoms with E-state index in [-0.39, 0.29) is 5.91 Å². The van der Waals surface area contributed by atoms with Crippen molar-refractivity contribution >= 4 is 17.7 Å². The second-order valence-electron chi connectivity index (χ2n) is 3.51. The molecule has 0 aliphatic carbocycles. The van der Waals surface area contributed by atoms with Gasteiger partial charge in [0.1, 0.15) is 0 Å². The van der Waals surface area contributed by atoms with Crippen molar-refractivity contribution < 1.29 is 18.3 Å². The van der Waals surface area contributed by atoms with Crippen molar-refractivity contribution in [1.82, 2.24) is 5.32 Å². The largest absolute Gasteiger partial charge is 0.385 e. The van der Waals surface area contributed by atoms with Gasteiger partial charge >= 0.3 is 0 Å². The van der Waals surface area contributed by atoms with E-state index in [0.29, 0.717) is 35.4 Å². The Kier molecular flexibility index (Phi) is 6.67. The van der Waals surface area contributed by atoms with Crippen molar-refractivity contribution in [3.05, 3.63) is 29.8 Å². The van der Waals surface area contributed by atoms with Crippen LogP contribution < -0.4 is 5.32 Å². The molecule has 1 N–H and O–H groups in total. The number of rotatable bonds is 7. The van der Waals surface area contributed by atoms with Crippen LogP contribution in [0, 0.1) is 0 Å². The van der Waals surface area contributed by atoms with Gasteiger partial charge in [-0.15, -0.1) is 0 Å². The van der Waals surface area contributed by atoms with Gasteiger partial charge in [-0.05, 0) is 30.7 Å². The summed E-state index contributed by atoms with van der Waals surface area (Å²) in [6.07, 6.45) is 0.738. The zero-order valence-corrected chi connectivity index (χ0v) is 10.8. The number of carbonyl (C=O) groups is 1. The number of benzene rings is 1. The lowest BCUT2D eigenvalue weighted by Gasteiger charge is -2.05. The quantitative estimate of drug-likeness (QED) is 0.614. The number of ether oxygens (including phenoxy) is 1. The molecule has 1 rings (SSSR count). The standard InChI is InChI=1S/C12H15F2NO2S/c1-17-8-2-7-15-11(16)9-3-5-10(6-4-9)18-12(13)14/h3-6,12H,2,7-8H2,1H3,(H,15,16). The predicted molar refractivity (Wildman–Crippen MR) is 67.1 cm³/mol. The van der Waals surface area contributed by atoms with Gasteiger partial charge in [-0.2, -0.15) is 8.78 Å². The van der Waals surface area contributed by atoms with E-state index in [9.17, 15) is 13.6 Å². The van der Waals surface area contributed by atoms with E-state index in [2.05, 4.69) is 5.32 Å². The van der Waals surface area contributed by atoms with Crippen molar-refractivity contribution in [1.29, 1.82) is 0 Å². The predicted octanol–water partition coefficient (Wildman–Crippen LogP) is 2.77. The third-order valence-corrected chi connectivity index (χ3v) is 2.87. The van der Waals surface area contributed by atoms with Gasteiger partial charge in [-0.3, -0.25) is 4.79 Å². The first-order chi connectivity index (χ1) is 8.63. The summed E-state index contributed by atoms with van der Waals surface area (Å²) in [4.78, 5) is 12.1. The number of nitrogens with one attached hydrogen (secondary N) is 1. The fourth-order valence-corrected chi connectivity index (χ4v) is 1.81. The molecular weight excluding hydrogens is 260 g/mol. The summed E-state index contributed by atoms with van der Waals surface area (Å²) in [5, 5.41) is 2.72. The molecule has 0 aliphatic heterocycles. The third-order valence-electron chi connectivity index (χ3n) is 2.15. The van der Waals surface area contributed by atoms with Crippen molar-refractivity contribution in [3.63, 3.8) is 0 Å². The molecule has 0 aromatic heterocycles. The van der Waals surface area contributed by atoms with E-state index >= 15 is 0 Å². The number of hydrogen-bond donors (Lipinski definition) is 1. The molecule has 1 amide bonds. The van der Waals surface area contributed by atoms with Crippen LogP contribution in [0.15, 0.2) is 29.2 Å². The van der Waals surface area contributed by atoms with Crippen LogP contribution >= 0.6 is 11.8 Å². The number of thioether (sulfide) groups is 1. The molecule has 3 nitrogen and oxygen atoms in total. The minimum absolute atomic E-state index is 0.209. The topological polar surface area (TPSA) is 38.3 Å². The SMILES string of the molecule is COCCCNC(=O)c1ccc(SC(F)F)cc1. The monoisotopic (exact) mass is 275 g/mol. The molecule has 1 aromatic rings. The van der Waals surface area contributed by atoms with Crippen LogP contribution in [0.2, 0.25) is 0 Å². The van der Waals surface area contributed by atoms with Gasteiger partial charge in [0.25, 0.3) is 11.7 Å². The van der Waals surface area contributed by atoms with E-state index in [4.69, 9.17) is 4.74 Å². The molecule has 0 aliphatic rings. The molecule has 0 bridgehead atoms. The number of amides is 1. The molecule has 0 heterocycles. The maximum Gasteiger partial charge on any atom is 0.288 e. The van der Waals surface area contributed by atoms with Crippen LogP contribution in [0.5, 0.6) is 0 Å². The Morgan fingerprint density at radius 2 is 2.06 bits per heavy atom. The lowest BCUT2D eigenvalue weighted by molar-refractivity contribution is 0.0948. The normalized spacial score (nSPS) is 10.7. The van der Waals surface area contributed by atoms with Crippen LogP contribution in [0.4, 0.5) is 8.78 Å². The maximum absolute atomic E-state index is 12.1. The smallest absolute Gasteiger partial charge is 0.288 e. The molecule has 18 heavy (non-hydrogen) atoms. The van der Waals surface area contributed by atoms with E-state index in [1.165, 1.54) is 24.3 Å². The number of alkyl halides is 2. The first-order valence-electron chi connectivity index (χ1n) is 5.45. The molecule has 0 spiro atoms. The number of halogens is 2. The van der Waals surface area contributed by atoms with Gasteiger partial charge in [0, 0.05) is 30.7 Å². The third kappa shape index (κ3) is 5.46. The van der Waals surface area contributed by atoms with Gasteiger partial charge in [-0.1, -0.05) is 11.8 Å². The first-order valence-corrected chi connectivity index (χ1v) is 6.33. The molecule has 0 saturated carbocycles. The minimum Gasteiger partial charge on any atom is -0.385 e. The molecule has 1 aromatic carbocycles. The zero-order chi connectivity index (χ0) is 13.4. The molecular formula is C12H15F2NO2S. The Morgan fingerprint density at radius 1 is 1.39 bits per heavy atom. The summed E-state index contributed by atoms with van der Waals surface area (Å²) in [5.74, 6) is -2.65. The van der Waals surface area contributed by atoms with Crippen molar-refractivity contribution in [3.8, 4) is 0 Å². The Balaban J connectivity index is 2.43. The lowest BCUT2D eigenvalue weighted by atomic mass is 10.2. The van der Waals surface area contributed by atoms with Crippen LogP contribution in [0.1, 0.15) is 16.8 Å². The highest BCUT2D eigenvalue weighted by molar-refractivity contribution is 7.99. The maximum atomic E-state index is 12.1. The summed E-state index contributed by atoms with van der Waals surface area (Å²) in [7, 11) is 1.60. The Morgan fingerprint density at radius 3 is 2.61 bits per heavy atom. The van der Waals surface area contributed by atoms with Crippen LogP contribution in [-0.2, 0) is 4.74 Å². The first kappa shape index (κ1) is 14.9. The van der Waals surface area contributed by atoms with Gasteiger partial charge in [0.2, 0.25) is 0 Å². The molecule has 0 saturated heterocycles. The highest BCUT2D eigenvalue weighted by atomic mass is 32.2. The van der Waals surface area contributed by atoms with E-state index in [1.54, 1.807) is 7.11 Å². The van der Waals surface area contributed by atoms with Gasteiger partial charge in [0.05, 0.1) is 0 Å². The molecule has 0 unspecified atom stereocenters. The molecule has 100 valence electrons. The Bertz CT molecular complexity index is 371. The van der Waals surface area contributed by atoms with Crippen molar-refractivity contribution in [2.45, 2.75) is 17.1 Å². The molecule has 0 atom stereocenters. The second kappa shape index (κ2) is 8.05. The highest BCUT2D eigenvalue weighted by Gasteiger charge is 2.07. The summed E-state index contributed by atoms with van der Waals surface area (Å²) in [6, 6.07) is 6.11. The van der Waals surface area contributed by atoms with Gasteiger partial charge < -0.3 is 10.1 Å². The summed E-state index contributed by atoms with van der Waals surface area (Å²) in [6.45, 7) is 1.12. The molecule has 0 radical (unpaired) electrons. The second-order valence-corrected chi connectivity index (χ2v) is 4.57. The summed E-state index contributed by atoms with van der Waals surface area (Å²) < 4.78 is 29.0. The van der Waals surface area contributed by atoms with E-state index in [0.717, 1.165) is 6.42 Å². The zero-order valence-electron chi connectivity index (χ0n) is 9.99. The van der Waals surface area contributed by atoms with E-state index in [1.807, 2.05) is 0 Å². The van der Waals surface area contributed by atoms with E-state index < -0.39 is 5.76 Å². The summed E-state index contributed by atoms with van der Waals surface area (Å²) in [5.41, 5.74) is 0.464. The van der Waals surface area contributed by atoms with Crippen LogP contribution in [-0.4, -0.2) is 31.9 Å². The minimum atomic E-state index is -2.45. The van der Waals surface area contributed by atoms with Crippen LogP contribution in [0.3, 0.4) is 0 Å². The summed E-state index contributed by atoms with van der Waals surface area (Å²) >= 11 is 0.462. The molecule has 6 heteroatoms. The molecule has 0 fully saturated rings. The van der Waals surface area contributed by atoms with Crippen molar-refractivity contribution in [2.75, 3.05) is 20.3 Å². The van der Waals surface area contributed by atoms with Gasteiger partial charge in [-0.25, -0.2) is 0 Å². The highest BCUT2D eigenvalue weighted by Crippen LogP contribution is 2.24. The average Bonchev–Trinajstić information content (AvgIpc) is 2.34. The average molecular weight is 275 g/mol. The fraction of sp³-hybridized carbons (Fsp3) is 0.417. The van der Waals surface area contributed by atoms with Crippen molar-refractivity contribution in [2.24, 2.45) is 0 Å². The van der Waals surface area contributed by atoms with Crippen LogP contribution in [0.25, 0.3) is 0 Å². The Labute approximate surface area is 109 Å². The van der Waals surface area contributed by atoms with Gasteiger partial charge in [0.15, 0.2) is 0 Å². The Hall–Kier alpha value is -1.14. The number of methoxy groups -OCH3 is 1.